The molecule has 0 radical (unpaired) electrons. The van der Waals surface area contributed by atoms with Crippen LogP contribution in [0.15, 0.2) is 23.5 Å². The Morgan fingerprint density at radius 2 is 1.94 bits per heavy atom. The smallest absolute Gasteiger partial charge is 0.417 e. The number of rotatable bonds is 7. The van der Waals surface area contributed by atoms with Crippen LogP contribution in [0.2, 0.25) is 0 Å². The van der Waals surface area contributed by atoms with E-state index in [9.17, 15) is 23.1 Å². The average Bonchev–Trinajstić information content (AvgIpc) is 2.69. The van der Waals surface area contributed by atoms with Gasteiger partial charge in [-0.15, -0.1) is 0 Å². The van der Waals surface area contributed by atoms with Crippen LogP contribution in [0.4, 0.5) is 23.8 Å². The molecule has 1 aliphatic rings. The molecule has 2 N–H and O–H groups in total. The molecule has 12 heteroatoms. The fourth-order valence-electron chi connectivity index (χ4n) is 2.87. The minimum absolute atomic E-state index is 0.0752. The zero-order chi connectivity index (χ0) is 23.9. The molecule has 180 valence electrons. The summed E-state index contributed by atoms with van der Waals surface area (Å²) in [5, 5.41) is 16.6. The summed E-state index contributed by atoms with van der Waals surface area (Å²) < 4.78 is 43.1. The number of nitrogens with one attached hydrogen (secondary N) is 1. The molecule has 2 heterocycles. The van der Waals surface area contributed by atoms with Gasteiger partial charge in [0.15, 0.2) is 6.61 Å². The monoisotopic (exact) mass is 461 g/mol. The molecule has 0 aliphatic carbocycles. The number of hydrogen-bond donors (Lipinski definition) is 2. The van der Waals surface area contributed by atoms with E-state index in [1.54, 1.807) is 32.6 Å². The second-order valence-electron chi connectivity index (χ2n) is 8.39. The van der Waals surface area contributed by atoms with Crippen molar-refractivity contribution in [2.45, 2.75) is 51.7 Å². The molecule has 1 aromatic rings. The maximum Gasteiger partial charge on any atom is 0.417 e. The summed E-state index contributed by atoms with van der Waals surface area (Å²) in [6, 6.07) is 1.93. The molecule has 0 bridgehead atoms. The second kappa shape index (κ2) is 10.8. The van der Waals surface area contributed by atoms with Gasteiger partial charge in [0.2, 0.25) is 0 Å². The SMILES string of the molecule is C[C@@H](/C=N/OC[C@H](O)N1CCN(c2ccc(C(F)(F)F)cn2)CC1)NC(=O)OC(C)(C)C. The first-order chi connectivity index (χ1) is 14.8. The number of halogens is 3. The molecule has 1 amide bonds. The molecule has 1 saturated heterocycles. The van der Waals surface area contributed by atoms with Crippen molar-refractivity contribution in [1.29, 1.82) is 0 Å². The number of alkyl halides is 3. The number of alkyl carbamates (subject to hydrolysis) is 1. The van der Waals surface area contributed by atoms with E-state index in [4.69, 9.17) is 9.57 Å². The quantitative estimate of drug-likeness (QED) is 0.475. The van der Waals surface area contributed by atoms with Crippen LogP contribution in [-0.4, -0.2) is 78.0 Å². The van der Waals surface area contributed by atoms with Crippen molar-refractivity contribution in [2.75, 3.05) is 37.7 Å². The Labute approximate surface area is 185 Å². The van der Waals surface area contributed by atoms with E-state index in [0.29, 0.717) is 32.0 Å². The molecule has 32 heavy (non-hydrogen) atoms. The van der Waals surface area contributed by atoms with Gasteiger partial charge in [-0.05, 0) is 39.8 Å². The van der Waals surface area contributed by atoms with E-state index in [0.717, 1.165) is 12.3 Å². The molecule has 0 unspecified atom stereocenters. The van der Waals surface area contributed by atoms with Gasteiger partial charge in [-0.3, -0.25) is 4.90 Å². The largest absolute Gasteiger partial charge is 0.444 e. The molecule has 9 nitrogen and oxygen atoms in total. The molecule has 1 aliphatic heterocycles. The number of pyridine rings is 1. The van der Waals surface area contributed by atoms with Gasteiger partial charge >= 0.3 is 12.3 Å². The van der Waals surface area contributed by atoms with Gasteiger partial charge in [0.05, 0.1) is 17.8 Å². The lowest BCUT2D eigenvalue weighted by molar-refractivity contribution is -0.137. The molecule has 1 aromatic heterocycles. The predicted molar refractivity (Wildman–Crippen MR) is 112 cm³/mol. The first-order valence-electron chi connectivity index (χ1n) is 10.2. The first kappa shape index (κ1) is 25.7. The van der Waals surface area contributed by atoms with E-state index < -0.39 is 35.7 Å². The summed E-state index contributed by atoms with van der Waals surface area (Å²) >= 11 is 0. The van der Waals surface area contributed by atoms with Gasteiger partial charge in [0, 0.05) is 32.4 Å². The summed E-state index contributed by atoms with van der Waals surface area (Å²) in [5.74, 6) is 0.458. The lowest BCUT2D eigenvalue weighted by Gasteiger charge is -2.37. The molecular formula is C20H30F3N5O4. The third kappa shape index (κ3) is 8.50. The summed E-state index contributed by atoms with van der Waals surface area (Å²) in [6.07, 6.45) is -3.69. The number of ether oxygens (including phenoxy) is 1. The van der Waals surface area contributed by atoms with Crippen molar-refractivity contribution in [2.24, 2.45) is 5.16 Å². The van der Waals surface area contributed by atoms with Crippen molar-refractivity contribution in [1.82, 2.24) is 15.2 Å². The van der Waals surface area contributed by atoms with Crippen LogP contribution in [0.5, 0.6) is 0 Å². The van der Waals surface area contributed by atoms with Gasteiger partial charge in [-0.1, -0.05) is 5.16 Å². The Morgan fingerprint density at radius 3 is 2.47 bits per heavy atom. The van der Waals surface area contributed by atoms with Crippen LogP contribution < -0.4 is 10.2 Å². The van der Waals surface area contributed by atoms with E-state index in [1.807, 2.05) is 4.90 Å². The molecule has 1 fully saturated rings. The van der Waals surface area contributed by atoms with Gasteiger partial charge in [-0.2, -0.15) is 13.2 Å². The number of anilines is 1. The van der Waals surface area contributed by atoms with Gasteiger partial charge in [0.25, 0.3) is 0 Å². The number of carbonyl (C=O) groups is 1. The zero-order valence-corrected chi connectivity index (χ0v) is 18.6. The summed E-state index contributed by atoms with van der Waals surface area (Å²) in [4.78, 5) is 24.3. The summed E-state index contributed by atoms with van der Waals surface area (Å²) in [6.45, 7) is 8.85. The Hall–Kier alpha value is -2.60. The molecule has 0 aromatic carbocycles. The number of carbonyl (C=O) groups excluding carboxylic acids is 1. The normalized spacial score (nSPS) is 17.8. The van der Waals surface area contributed by atoms with Crippen molar-refractivity contribution >= 4 is 18.1 Å². The van der Waals surface area contributed by atoms with Crippen molar-refractivity contribution in [3.8, 4) is 0 Å². The number of aliphatic hydroxyl groups is 1. The number of hydrogen-bond acceptors (Lipinski definition) is 8. The second-order valence-corrected chi connectivity index (χ2v) is 8.39. The fourth-order valence-corrected chi connectivity index (χ4v) is 2.87. The highest BCUT2D eigenvalue weighted by Crippen LogP contribution is 2.29. The highest BCUT2D eigenvalue weighted by Gasteiger charge is 2.31. The highest BCUT2D eigenvalue weighted by molar-refractivity contribution is 5.74. The highest BCUT2D eigenvalue weighted by atomic mass is 19.4. The van der Waals surface area contributed by atoms with Crippen molar-refractivity contribution in [3.63, 3.8) is 0 Å². The molecule has 0 spiro atoms. The first-order valence-corrected chi connectivity index (χ1v) is 10.2. The third-order valence-corrected chi connectivity index (χ3v) is 4.46. The minimum atomic E-state index is -4.42. The number of amides is 1. The average molecular weight is 461 g/mol. The van der Waals surface area contributed by atoms with Crippen molar-refractivity contribution < 1.29 is 32.6 Å². The molecule has 2 atom stereocenters. The van der Waals surface area contributed by atoms with Crippen LogP contribution in [-0.2, 0) is 15.8 Å². The Kier molecular flexibility index (Phi) is 8.67. The summed E-state index contributed by atoms with van der Waals surface area (Å²) in [5.41, 5.74) is -1.39. The van der Waals surface area contributed by atoms with E-state index in [2.05, 4.69) is 15.5 Å². The van der Waals surface area contributed by atoms with Crippen LogP contribution in [0, 0.1) is 0 Å². The standard InChI is InChI=1S/C20H30F3N5O4/c1-14(26-18(30)32-19(2,3)4)11-25-31-13-17(29)28-9-7-27(8-10-28)16-6-5-15(12-24-16)20(21,22)23/h5-6,11-12,14,17,29H,7-10,13H2,1-4H3,(H,26,30)/b25-11+/t14-,17-/m0/s1. The maximum atomic E-state index is 12.7. The van der Waals surface area contributed by atoms with Crippen LogP contribution in [0.3, 0.4) is 0 Å². The Balaban J connectivity index is 1.71. The van der Waals surface area contributed by atoms with Gasteiger partial charge in [-0.25, -0.2) is 9.78 Å². The van der Waals surface area contributed by atoms with Crippen LogP contribution >= 0.6 is 0 Å². The zero-order valence-electron chi connectivity index (χ0n) is 18.6. The summed E-state index contributed by atoms with van der Waals surface area (Å²) in [7, 11) is 0. The van der Waals surface area contributed by atoms with Gasteiger partial charge < -0.3 is 24.9 Å². The fraction of sp³-hybridized carbons (Fsp3) is 0.650. The van der Waals surface area contributed by atoms with E-state index in [-0.39, 0.29) is 6.61 Å². The minimum Gasteiger partial charge on any atom is -0.444 e. The topological polar surface area (TPSA) is 99.5 Å². The van der Waals surface area contributed by atoms with Crippen LogP contribution in [0.1, 0.15) is 33.3 Å². The molecule has 2 rings (SSSR count). The number of aromatic nitrogens is 1. The Bertz CT molecular complexity index is 760. The van der Waals surface area contributed by atoms with Crippen molar-refractivity contribution in [3.05, 3.63) is 23.9 Å². The predicted octanol–water partition coefficient (Wildman–Crippen LogP) is 2.46. The number of oxime groups is 1. The van der Waals surface area contributed by atoms with Crippen LogP contribution in [0.25, 0.3) is 0 Å². The molecule has 0 saturated carbocycles. The van der Waals surface area contributed by atoms with E-state index in [1.165, 1.54) is 12.3 Å². The third-order valence-electron chi connectivity index (χ3n) is 4.46. The lowest BCUT2D eigenvalue weighted by atomic mass is 10.2. The lowest BCUT2D eigenvalue weighted by Crippen LogP contribution is -2.51. The number of nitrogens with zero attached hydrogens (tertiary/aromatic N) is 4. The molecular weight excluding hydrogens is 431 g/mol. The number of aliphatic hydroxyl groups excluding tert-OH is 1. The number of piperazine rings is 1. The Morgan fingerprint density at radius 1 is 1.28 bits per heavy atom. The van der Waals surface area contributed by atoms with Gasteiger partial charge in [0.1, 0.15) is 17.6 Å². The maximum absolute atomic E-state index is 12.7. The van der Waals surface area contributed by atoms with E-state index >= 15 is 0 Å².